The van der Waals surface area contributed by atoms with Crippen molar-refractivity contribution in [3.63, 3.8) is 0 Å². The fraction of sp³-hybridized carbons (Fsp3) is 0.333. The molecule has 0 bridgehead atoms. The van der Waals surface area contributed by atoms with Crippen LogP contribution < -0.4 is 5.32 Å². The number of urea groups is 1. The van der Waals surface area contributed by atoms with Crippen LogP contribution in [-0.4, -0.2) is 45.0 Å². The number of hydrogen-bond donors (Lipinski definition) is 2. The highest BCUT2D eigenvalue weighted by Crippen LogP contribution is 2.21. The highest BCUT2D eigenvalue weighted by atomic mass is 16.3. The quantitative estimate of drug-likeness (QED) is 0.884. The van der Waals surface area contributed by atoms with Gasteiger partial charge in [0.15, 0.2) is 0 Å². The highest BCUT2D eigenvalue weighted by Gasteiger charge is 2.25. The Kier molecular flexibility index (Phi) is 3.62. The fourth-order valence-corrected chi connectivity index (χ4v) is 2.51. The van der Waals surface area contributed by atoms with Crippen molar-refractivity contribution in [2.45, 2.75) is 19.4 Å². The van der Waals surface area contributed by atoms with E-state index in [4.69, 9.17) is 0 Å². The van der Waals surface area contributed by atoms with Gasteiger partial charge < -0.3 is 15.3 Å². The first-order valence-electron chi connectivity index (χ1n) is 6.99. The molecule has 0 unspecified atom stereocenters. The summed E-state index contributed by atoms with van der Waals surface area (Å²) >= 11 is 0. The summed E-state index contributed by atoms with van der Waals surface area (Å²) in [4.78, 5) is 13.9. The summed E-state index contributed by atoms with van der Waals surface area (Å²) in [5, 5.41) is 16.7. The van der Waals surface area contributed by atoms with Crippen LogP contribution in [0.4, 0.5) is 10.5 Å². The number of nitrogens with one attached hydrogen (secondary N) is 1. The average molecular weight is 286 g/mol. The van der Waals surface area contributed by atoms with Crippen molar-refractivity contribution >= 4 is 11.7 Å². The van der Waals surface area contributed by atoms with Gasteiger partial charge in [-0.25, -0.2) is 9.48 Å². The molecule has 2 aromatic rings. The zero-order chi connectivity index (χ0) is 14.8. The van der Waals surface area contributed by atoms with Gasteiger partial charge in [-0.05, 0) is 31.5 Å². The number of amides is 2. The second kappa shape index (κ2) is 5.57. The van der Waals surface area contributed by atoms with Crippen molar-refractivity contribution in [1.29, 1.82) is 0 Å². The third-order valence-corrected chi connectivity index (χ3v) is 3.66. The molecular formula is C15H18N4O2. The van der Waals surface area contributed by atoms with Gasteiger partial charge >= 0.3 is 6.03 Å². The SMILES string of the molecule is Cc1ccnn1-c1ccccc1NC(=O)N1CC[C@@H](O)C1. The number of aromatic nitrogens is 2. The molecule has 2 amide bonds. The average Bonchev–Trinajstić information content (AvgIpc) is 3.08. The minimum atomic E-state index is -0.417. The number of hydrogen-bond acceptors (Lipinski definition) is 3. The Morgan fingerprint density at radius 3 is 2.86 bits per heavy atom. The summed E-state index contributed by atoms with van der Waals surface area (Å²) in [5.74, 6) is 0. The Hall–Kier alpha value is -2.34. The lowest BCUT2D eigenvalue weighted by Crippen LogP contribution is -2.33. The number of carbonyl (C=O) groups is 1. The number of β-amino-alcohol motifs (C(OH)–C–C–N with tert-alkyl or cyclic N) is 1. The van der Waals surface area contributed by atoms with Crippen molar-refractivity contribution in [1.82, 2.24) is 14.7 Å². The van der Waals surface area contributed by atoms with Crippen molar-refractivity contribution in [3.05, 3.63) is 42.2 Å². The van der Waals surface area contributed by atoms with Crippen molar-refractivity contribution < 1.29 is 9.90 Å². The van der Waals surface area contributed by atoms with Gasteiger partial charge in [0.1, 0.15) is 0 Å². The molecular weight excluding hydrogens is 268 g/mol. The number of likely N-dealkylation sites (tertiary alicyclic amines) is 1. The Morgan fingerprint density at radius 2 is 2.19 bits per heavy atom. The second-order valence-electron chi connectivity index (χ2n) is 5.22. The maximum Gasteiger partial charge on any atom is 0.321 e. The van der Waals surface area contributed by atoms with Crippen LogP contribution in [0.25, 0.3) is 5.69 Å². The monoisotopic (exact) mass is 286 g/mol. The summed E-state index contributed by atoms with van der Waals surface area (Å²) in [6.45, 7) is 2.92. The Morgan fingerprint density at radius 1 is 1.38 bits per heavy atom. The lowest BCUT2D eigenvalue weighted by atomic mass is 10.2. The van der Waals surface area contributed by atoms with Crippen LogP contribution in [0.5, 0.6) is 0 Å². The van der Waals surface area contributed by atoms with Gasteiger partial charge in [-0.3, -0.25) is 0 Å². The van der Waals surface area contributed by atoms with E-state index >= 15 is 0 Å². The molecule has 0 saturated carbocycles. The first-order chi connectivity index (χ1) is 10.1. The number of rotatable bonds is 2. The highest BCUT2D eigenvalue weighted by molar-refractivity contribution is 5.91. The molecule has 2 heterocycles. The molecule has 1 aliphatic heterocycles. The molecule has 6 nitrogen and oxygen atoms in total. The third kappa shape index (κ3) is 2.75. The molecule has 110 valence electrons. The van der Waals surface area contributed by atoms with Crippen LogP contribution in [0.2, 0.25) is 0 Å². The molecule has 0 radical (unpaired) electrons. The topological polar surface area (TPSA) is 70.4 Å². The van der Waals surface area contributed by atoms with Crippen LogP contribution in [0.1, 0.15) is 12.1 Å². The van der Waals surface area contributed by atoms with E-state index in [9.17, 15) is 9.90 Å². The maximum atomic E-state index is 12.2. The Balaban J connectivity index is 1.83. The molecule has 3 rings (SSSR count). The van der Waals surface area contributed by atoms with Gasteiger partial charge in [0.25, 0.3) is 0 Å². The summed E-state index contributed by atoms with van der Waals surface area (Å²) in [5.41, 5.74) is 2.53. The van der Waals surface area contributed by atoms with Gasteiger partial charge in [-0.15, -0.1) is 0 Å². The summed E-state index contributed by atoms with van der Waals surface area (Å²) in [7, 11) is 0. The van der Waals surface area contributed by atoms with E-state index in [-0.39, 0.29) is 6.03 Å². The van der Waals surface area contributed by atoms with Crippen LogP contribution >= 0.6 is 0 Å². The molecule has 1 atom stereocenters. The predicted molar refractivity (Wildman–Crippen MR) is 79.5 cm³/mol. The number of benzene rings is 1. The molecule has 1 aliphatic rings. The number of nitrogens with zero attached hydrogens (tertiary/aromatic N) is 3. The summed E-state index contributed by atoms with van der Waals surface area (Å²) < 4.78 is 1.79. The van der Waals surface area contributed by atoms with Gasteiger partial charge in [-0.2, -0.15) is 5.10 Å². The zero-order valence-electron chi connectivity index (χ0n) is 11.9. The number of anilines is 1. The second-order valence-corrected chi connectivity index (χ2v) is 5.22. The van der Waals surface area contributed by atoms with Gasteiger partial charge in [0.05, 0.1) is 17.5 Å². The summed E-state index contributed by atoms with van der Waals surface area (Å²) in [6.07, 6.45) is 1.94. The normalized spacial score (nSPS) is 18.0. The molecule has 1 fully saturated rings. The largest absolute Gasteiger partial charge is 0.391 e. The van der Waals surface area contributed by atoms with E-state index in [1.807, 2.05) is 37.3 Å². The molecule has 6 heteroatoms. The standard InChI is InChI=1S/C15H18N4O2/c1-11-6-8-16-19(11)14-5-3-2-4-13(14)17-15(21)18-9-7-12(20)10-18/h2-6,8,12,20H,7,9-10H2,1H3,(H,17,21)/t12-/m1/s1. The van der Waals surface area contributed by atoms with Gasteiger partial charge in [0.2, 0.25) is 0 Å². The molecule has 2 N–H and O–H groups in total. The van der Waals surface area contributed by atoms with Crippen LogP contribution in [0.3, 0.4) is 0 Å². The van der Waals surface area contributed by atoms with Crippen LogP contribution in [0.15, 0.2) is 36.5 Å². The molecule has 1 saturated heterocycles. The molecule has 0 aliphatic carbocycles. The van der Waals surface area contributed by atoms with E-state index in [0.717, 1.165) is 11.4 Å². The number of aliphatic hydroxyl groups is 1. The van der Waals surface area contributed by atoms with Crippen molar-refractivity contribution in [2.75, 3.05) is 18.4 Å². The summed E-state index contributed by atoms with van der Waals surface area (Å²) in [6, 6.07) is 9.26. The lowest BCUT2D eigenvalue weighted by molar-refractivity contribution is 0.176. The predicted octanol–water partition coefficient (Wildman–Crippen LogP) is 1.78. The van der Waals surface area contributed by atoms with Gasteiger partial charge in [-0.1, -0.05) is 12.1 Å². The molecule has 1 aromatic carbocycles. The third-order valence-electron chi connectivity index (χ3n) is 3.66. The number of aliphatic hydroxyl groups excluding tert-OH is 1. The number of carbonyl (C=O) groups excluding carboxylic acids is 1. The molecule has 1 aromatic heterocycles. The fourth-order valence-electron chi connectivity index (χ4n) is 2.51. The Bertz CT molecular complexity index is 653. The van der Waals surface area contributed by atoms with Crippen molar-refractivity contribution in [3.8, 4) is 5.69 Å². The van der Waals surface area contributed by atoms with Crippen LogP contribution in [-0.2, 0) is 0 Å². The maximum absolute atomic E-state index is 12.2. The van der Waals surface area contributed by atoms with Gasteiger partial charge in [0, 0.05) is 25.0 Å². The van der Waals surface area contributed by atoms with E-state index in [1.165, 1.54) is 0 Å². The smallest absolute Gasteiger partial charge is 0.321 e. The van der Waals surface area contributed by atoms with E-state index in [0.29, 0.717) is 25.2 Å². The Labute approximate surface area is 123 Å². The van der Waals surface area contributed by atoms with E-state index < -0.39 is 6.10 Å². The van der Waals surface area contributed by atoms with E-state index in [2.05, 4.69) is 10.4 Å². The first-order valence-corrected chi connectivity index (χ1v) is 6.99. The van der Waals surface area contributed by atoms with Crippen molar-refractivity contribution in [2.24, 2.45) is 0 Å². The number of aryl methyl sites for hydroxylation is 1. The lowest BCUT2D eigenvalue weighted by Gasteiger charge is -2.18. The molecule has 0 spiro atoms. The minimum Gasteiger partial charge on any atom is -0.391 e. The minimum absolute atomic E-state index is 0.191. The zero-order valence-corrected chi connectivity index (χ0v) is 11.9. The van der Waals surface area contributed by atoms with Crippen LogP contribution in [0, 0.1) is 6.92 Å². The molecule has 21 heavy (non-hydrogen) atoms. The van der Waals surface area contributed by atoms with E-state index in [1.54, 1.807) is 15.8 Å². The first kappa shape index (κ1) is 13.6. The number of para-hydroxylation sites is 2.